The van der Waals surface area contributed by atoms with Gasteiger partial charge in [0.25, 0.3) is 0 Å². The fourth-order valence-electron chi connectivity index (χ4n) is 2.54. The molecular formula is C14H23ClN2O2S. The minimum absolute atomic E-state index is 0. The van der Waals surface area contributed by atoms with E-state index in [9.17, 15) is 8.42 Å². The highest BCUT2D eigenvalue weighted by atomic mass is 35.5. The summed E-state index contributed by atoms with van der Waals surface area (Å²) in [5.74, 6) is 0. The molecule has 0 aromatic heterocycles. The molecule has 1 fully saturated rings. The van der Waals surface area contributed by atoms with Crippen LogP contribution < -0.4 is 5.32 Å². The number of piperidine rings is 1. The highest BCUT2D eigenvalue weighted by molar-refractivity contribution is 7.90. The smallest absolute Gasteiger partial charge is 0.175 e. The zero-order chi connectivity index (χ0) is 13.9. The van der Waals surface area contributed by atoms with Gasteiger partial charge in [0.1, 0.15) is 0 Å². The SMILES string of the molecule is CNC1CCCN(Cc2ccc(S(C)(=O)=O)cc2)C1.Cl. The van der Waals surface area contributed by atoms with Crippen molar-refractivity contribution in [3.8, 4) is 0 Å². The molecule has 1 aromatic rings. The van der Waals surface area contributed by atoms with Crippen LogP contribution in [0, 0.1) is 0 Å². The van der Waals surface area contributed by atoms with Gasteiger partial charge in [0.15, 0.2) is 9.84 Å². The number of hydrogen-bond acceptors (Lipinski definition) is 4. The molecular weight excluding hydrogens is 296 g/mol. The first-order valence-corrected chi connectivity index (χ1v) is 8.57. The number of benzene rings is 1. The third-order valence-electron chi connectivity index (χ3n) is 3.67. The lowest BCUT2D eigenvalue weighted by Gasteiger charge is -2.32. The maximum atomic E-state index is 11.4. The van der Waals surface area contributed by atoms with Gasteiger partial charge in [0, 0.05) is 25.4 Å². The van der Waals surface area contributed by atoms with Gasteiger partial charge in [-0.05, 0) is 44.1 Å². The van der Waals surface area contributed by atoms with E-state index < -0.39 is 9.84 Å². The van der Waals surface area contributed by atoms with Crippen molar-refractivity contribution in [3.05, 3.63) is 29.8 Å². The Labute approximate surface area is 127 Å². The Hall–Kier alpha value is -0.620. The van der Waals surface area contributed by atoms with Gasteiger partial charge in [0.2, 0.25) is 0 Å². The number of likely N-dealkylation sites (tertiary alicyclic amines) is 1. The highest BCUT2D eigenvalue weighted by Crippen LogP contribution is 2.15. The zero-order valence-electron chi connectivity index (χ0n) is 12.0. The van der Waals surface area contributed by atoms with E-state index in [1.807, 2.05) is 19.2 Å². The quantitative estimate of drug-likeness (QED) is 0.918. The van der Waals surface area contributed by atoms with E-state index in [-0.39, 0.29) is 12.4 Å². The Balaban J connectivity index is 0.00000200. The molecule has 0 spiro atoms. The summed E-state index contributed by atoms with van der Waals surface area (Å²) in [6.07, 6.45) is 3.69. The number of rotatable bonds is 4. The summed E-state index contributed by atoms with van der Waals surface area (Å²) in [6.45, 7) is 3.07. The third kappa shape index (κ3) is 4.74. The van der Waals surface area contributed by atoms with Crippen LogP contribution in [-0.4, -0.2) is 45.8 Å². The van der Waals surface area contributed by atoms with Crippen LogP contribution >= 0.6 is 12.4 Å². The largest absolute Gasteiger partial charge is 0.316 e. The first-order valence-electron chi connectivity index (χ1n) is 6.67. The highest BCUT2D eigenvalue weighted by Gasteiger charge is 2.18. The average Bonchev–Trinajstić information content (AvgIpc) is 2.38. The molecule has 114 valence electrons. The topological polar surface area (TPSA) is 49.4 Å². The molecule has 1 aliphatic heterocycles. The summed E-state index contributed by atoms with van der Waals surface area (Å²) < 4.78 is 22.8. The van der Waals surface area contributed by atoms with Crippen LogP contribution in [0.15, 0.2) is 29.2 Å². The molecule has 0 bridgehead atoms. The van der Waals surface area contributed by atoms with Gasteiger partial charge in [0.05, 0.1) is 4.90 Å². The van der Waals surface area contributed by atoms with E-state index in [0.29, 0.717) is 10.9 Å². The molecule has 1 aromatic carbocycles. The van der Waals surface area contributed by atoms with Crippen molar-refractivity contribution in [2.45, 2.75) is 30.3 Å². The maximum Gasteiger partial charge on any atom is 0.175 e. The second kappa shape index (κ2) is 7.41. The molecule has 20 heavy (non-hydrogen) atoms. The van der Waals surface area contributed by atoms with Crippen molar-refractivity contribution in [2.75, 3.05) is 26.4 Å². The molecule has 0 amide bonds. The molecule has 4 nitrogen and oxygen atoms in total. The second-order valence-electron chi connectivity index (χ2n) is 5.28. The zero-order valence-corrected chi connectivity index (χ0v) is 13.6. The first-order chi connectivity index (χ1) is 8.99. The van der Waals surface area contributed by atoms with Gasteiger partial charge in [-0.15, -0.1) is 12.4 Å². The van der Waals surface area contributed by atoms with Crippen LogP contribution in [0.3, 0.4) is 0 Å². The Morgan fingerprint density at radius 1 is 1.30 bits per heavy atom. The molecule has 0 aliphatic carbocycles. The van der Waals surface area contributed by atoms with Crippen LogP contribution in [0.25, 0.3) is 0 Å². The number of nitrogens with one attached hydrogen (secondary N) is 1. The van der Waals surface area contributed by atoms with Crippen molar-refractivity contribution in [2.24, 2.45) is 0 Å². The fraction of sp³-hybridized carbons (Fsp3) is 0.571. The molecule has 2 rings (SSSR count). The van der Waals surface area contributed by atoms with E-state index >= 15 is 0 Å². The lowest BCUT2D eigenvalue weighted by atomic mass is 10.1. The standard InChI is InChI=1S/C14H22N2O2S.ClH/c1-15-13-4-3-9-16(11-13)10-12-5-7-14(8-6-12)19(2,17)18;/h5-8,13,15H,3-4,9-11H2,1-2H3;1H. The van der Waals surface area contributed by atoms with E-state index in [1.165, 1.54) is 24.7 Å². The second-order valence-corrected chi connectivity index (χ2v) is 7.29. The Morgan fingerprint density at radius 2 is 1.95 bits per heavy atom. The number of nitrogens with zero attached hydrogens (tertiary/aromatic N) is 1. The van der Waals surface area contributed by atoms with Gasteiger partial charge >= 0.3 is 0 Å². The number of likely N-dealkylation sites (N-methyl/N-ethyl adjacent to an activating group) is 1. The lowest BCUT2D eigenvalue weighted by molar-refractivity contribution is 0.188. The van der Waals surface area contributed by atoms with Gasteiger partial charge < -0.3 is 5.32 Å². The summed E-state index contributed by atoms with van der Waals surface area (Å²) in [7, 11) is -1.08. The van der Waals surface area contributed by atoms with Crippen LogP contribution in [0.2, 0.25) is 0 Å². The summed E-state index contributed by atoms with van der Waals surface area (Å²) in [5.41, 5.74) is 1.17. The van der Waals surface area contributed by atoms with Gasteiger partial charge in [-0.3, -0.25) is 4.90 Å². The maximum absolute atomic E-state index is 11.4. The Kier molecular flexibility index (Phi) is 6.45. The minimum atomic E-state index is -3.09. The number of sulfone groups is 1. The van der Waals surface area contributed by atoms with Crippen molar-refractivity contribution < 1.29 is 8.42 Å². The number of halogens is 1. The molecule has 1 N–H and O–H groups in total. The van der Waals surface area contributed by atoms with E-state index in [4.69, 9.17) is 0 Å². The molecule has 0 radical (unpaired) electrons. The molecule has 1 atom stereocenters. The summed E-state index contributed by atoms with van der Waals surface area (Å²) in [4.78, 5) is 2.81. The predicted octanol–water partition coefficient (Wildman–Crippen LogP) is 1.70. The fourth-order valence-corrected chi connectivity index (χ4v) is 3.17. The summed E-state index contributed by atoms with van der Waals surface area (Å²) in [6, 6.07) is 7.80. The van der Waals surface area contributed by atoms with Gasteiger partial charge in [-0.25, -0.2) is 8.42 Å². The third-order valence-corrected chi connectivity index (χ3v) is 4.80. The molecule has 6 heteroatoms. The lowest BCUT2D eigenvalue weighted by Crippen LogP contribution is -2.43. The van der Waals surface area contributed by atoms with Crippen molar-refractivity contribution >= 4 is 22.2 Å². The van der Waals surface area contributed by atoms with Crippen LogP contribution in [0.4, 0.5) is 0 Å². The molecule has 1 unspecified atom stereocenters. The van der Waals surface area contributed by atoms with Gasteiger partial charge in [-0.1, -0.05) is 12.1 Å². The Morgan fingerprint density at radius 3 is 2.50 bits per heavy atom. The monoisotopic (exact) mass is 318 g/mol. The molecule has 0 saturated carbocycles. The minimum Gasteiger partial charge on any atom is -0.316 e. The van der Waals surface area contributed by atoms with Gasteiger partial charge in [-0.2, -0.15) is 0 Å². The summed E-state index contributed by atoms with van der Waals surface area (Å²) in [5, 5.41) is 3.33. The Bertz CT molecular complexity index is 516. The van der Waals surface area contributed by atoms with E-state index in [0.717, 1.165) is 19.6 Å². The van der Waals surface area contributed by atoms with E-state index in [1.54, 1.807) is 12.1 Å². The first kappa shape index (κ1) is 17.4. The van der Waals surface area contributed by atoms with Crippen molar-refractivity contribution in [1.29, 1.82) is 0 Å². The van der Waals surface area contributed by atoms with Crippen molar-refractivity contribution in [1.82, 2.24) is 10.2 Å². The van der Waals surface area contributed by atoms with Crippen LogP contribution in [0.5, 0.6) is 0 Å². The number of hydrogen-bond donors (Lipinski definition) is 1. The molecule has 1 saturated heterocycles. The molecule has 1 aliphatic rings. The van der Waals surface area contributed by atoms with Crippen LogP contribution in [0.1, 0.15) is 18.4 Å². The predicted molar refractivity (Wildman–Crippen MR) is 84.2 cm³/mol. The van der Waals surface area contributed by atoms with Crippen molar-refractivity contribution in [3.63, 3.8) is 0 Å². The average molecular weight is 319 g/mol. The van der Waals surface area contributed by atoms with Crippen LogP contribution in [-0.2, 0) is 16.4 Å². The normalized spacial score (nSPS) is 20.4. The molecule has 1 heterocycles. The summed E-state index contributed by atoms with van der Waals surface area (Å²) >= 11 is 0. The van der Waals surface area contributed by atoms with E-state index in [2.05, 4.69) is 10.2 Å².